The van der Waals surface area contributed by atoms with Crippen LogP contribution in [-0.4, -0.2) is 41.8 Å². The molecule has 3 amide bonds. The van der Waals surface area contributed by atoms with Crippen molar-refractivity contribution in [2.75, 3.05) is 18.4 Å². The van der Waals surface area contributed by atoms with Crippen molar-refractivity contribution in [2.45, 2.75) is 53.0 Å². The van der Waals surface area contributed by atoms with Crippen molar-refractivity contribution in [3.63, 3.8) is 0 Å². The van der Waals surface area contributed by atoms with E-state index in [-0.39, 0.29) is 29.2 Å². The molecule has 0 aliphatic carbocycles. The minimum Gasteiger partial charge on any atom is -0.353 e. The van der Waals surface area contributed by atoms with Crippen molar-refractivity contribution >= 4 is 23.4 Å². The lowest BCUT2D eigenvalue weighted by Crippen LogP contribution is -2.47. The predicted molar refractivity (Wildman–Crippen MR) is 102 cm³/mol. The molecule has 0 bridgehead atoms. The van der Waals surface area contributed by atoms with Gasteiger partial charge in [-0.15, -0.1) is 0 Å². The van der Waals surface area contributed by atoms with Gasteiger partial charge in [-0.25, -0.2) is 0 Å². The topological polar surface area (TPSA) is 78.5 Å². The van der Waals surface area contributed by atoms with Crippen LogP contribution in [0.15, 0.2) is 24.3 Å². The Bertz CT molecular complexity index is 671. The van der Waals surface area contributed by atoms with E-state index in [0.717, 1.165) is 12.8 Å². The molecule has 1 saturated heterocycles. The maximum atomic E-state index is 12.7. The lowest BCUT2D eigenvalue weighted by atomic mass is 9.91. The van der Waals surface area contributed by atoms with Crippen molar-refractivity contribution in [2.24, 2.45) is 5.41 Å². The quantitative estimate of drug-likeness (QED) is 0.868. The summed E-state index contributed by atoms with van der Waals surface area (Å²) in [5, 5.41) is 5.77. The highest BCUT2D eigenvalue weighted by molar-refractivity contribution is 5.96. The molecule has 6 heteroatoms. The Morgan fingerprint density at radius 1 is 1.15 bits per heavy atom. The van der Waals surface area contributed by atoms with Crippen LogP contribution >= 0.6 is 0 Å². The number of likely N-dealkylation sites (tertiary alicyclic amines) is 1. The molecule has 1 aliphatic rings. The lowest BCUT2D eigenvalue weighted by molar-refractivity contribution is -0.123. The van der Waals surface area contributed by atoms with Crippen LogP contribution in [0, 0.1) is 5.41 Å². The molecule has 0 spiro atoms. The number of carbonyl (C=O) groups excluding carboxylic acids is 3. The number of nitrogens with zero attached hydrogens (tertiary/aromatic N) is 1. The van der Waals surface area contributed by atoms with Gasteiger partial charge in [-0.2, -0.15) is 0 Å². The highest BCUT2D eigenvalue weighted by Crippen LogP contribution is 2.20. The molecule has 0 atom stereocenters. The Morgan fingerprint density at radius 2 is 1.81 bits per heavy atom. The van der Waals surface area contributed by atoms with Crippen LogP contribution in [0.4, 0.5) is 5.69 Å². The first-order valence-corrected chi connectivity index (χ1v) is 9.10. The van der Waals surface area contributed by atoms with E-state index < -0.39 is 0 Å². The summed E-state index contributed by atoms with van der Waals surface area (Å²) in [4.78, 5) is 37.7. The summed E-state index contributed by atoms with van der Waals surface area (Å²) >= 11 is 0. The van der Waals surface area contributed by atoms with Crippen LogP contribution in [0.3, 0.4) is 0 Å². The van der Waals surface area contributed by atoms with E-state index in [9.17, 15) is 14.4 Å². The highest BCUT2D eigenvalue weighted by Gasteiger charge is 2.26. The number of hydrogen-bond donors (Lipinski definition) is 2. The fraction of sp³-hybridized carbons (Fsp3) is 0.550. The number of rotatable bonds is 4. The van der Waals surface area contributed by atoms with Gasteiger partial charge in [0.05, 0.1) is 0 Å². The summed E-state index contributed by atoms with van der Waals surface area (Å²) in [6, 6.07) is 7.10. The van der Waals surface area contributed by atoms with E-state index in [0.29, 0.717) is 30.8 Å². The predicted octanol–water partition coefficient (Wildman–Crippen LogP) is 2.80. The van der Waals surface area contributed by atoms with Crippen LogP contribution in [0.25, 0.3) is 0 Å². The second-order valence-corrected chi connectivity index (χ2v) is 8.13. The third-order valence-corrected chi connectivity index (χ3v) is 4.27. The molecule has 26 heavy (non-hydrogen) atoms. The molecule has 1 aromatic rings. The van der Waals surface area contributed by atoms with Crippen molar-refractivity contribution in [1.29, 1.82) is 0 Å². The maximum Gasteiger partial charge on any atom is 0.253 e. The highest BCUT2D eigenvalue weighted by atomic mass is 16.2. The van der Waals surface area contributed by atoms with E-state index in [1.54, 1.807) is 29.2 Å². The van der Waals surface area contributed by atoms with Gasteiger partial charge in [0, 0.05) is 43.7 Å². The fourth-order valence-electron chi connectivity index (χ4n) is 3.10. The molecule has 0 aromatic heterocycles. The lowest BCUT2D eigenvalue weighted by Gasteiger charge is -2.33. The van der Waals surface area contributed by atoms with Crippen molar-refractivity contribution in [3.05, 3.63) is 29.8 Å². The minimum atomic E-state index is -0.165. The standard InChI is InChI=1S/C20H29N3O3/c1-14(24)21-17-7-5-6-15(12-17)19(26)23-10-8-16(9-11-23)22-18(25)13-20(2,3)4/h5-7,12,16H,8-11,13H2,1-4H3,(H,21,24)(H,22,25). The van der Waals surface area contributed by atoms with Gasteiger partial charge in [0.2, 0.25) is 11.8 Å². The number of nitrogens with one attached hydrogen (secondary N) is 2. The zero-order valence-corrected chi connectivity index (χ0v) is 16.1. The second kappa shape index (κ2) is 8.34. The summed E-state index contributed by atoms with van der Waals surface area (Å²) in [7, 11) is 0. The summed E-state index contributed by atoms with van der Waals surface area (Å²) in [5.74, 6) is -0.136. The zero-order valence-electron chi connectivity index (χ0n) is 16.1. The molecular formula is C20H29N3O3. The Morgan fingerprint density at radius 3 is 2.38 bits per heavy atom. The molecule has 1 aliphatic heterocycles. The van der Waals surface area contributed by atoms with Crippen LogP contribution in [0.5, 0.6) is 0 Å². The zero-order chi connectivity index (χ0) is 19.3. The SMILES string of the molecule is CC(=O)Nc1cccc(C(=O)N2CCC(NC(=O)CC(C)(C)C)CC2)c1. The Labute approximate surface area is 155 Å². The average Bonchev–Trinajstić information content (AvgIpc) is 2.52. The van der Waals surface area contributed by atoms with Crippen molar-refractivity contribution in [3.8, 4) is 0 Å². The van der Waals surface area contributed by atoms with E-state index in [1.807, 2.05) is 20.8 Å². The van der Waals surface area contributed by atoms with Gasteiger partial charge in [-0.1, -0.05) is 26.8 Å². The van der Waals surface area contributed by atoms with Gasteiger partial charge >= 0.3 is 0 Å². The molecule has 2 N–H and O–H groups in total. The fourth-order valence-corrected chi connectivity index (χ4v) is 3.10. The van der Waals surface area contributed by atoms with Crippen LogP contribution in [-0.2, 0) is 9.59 Å². The first kappa shape index (κ1) is 19.9. The summed E-state index contributed by atoms with van der Waals surface area (Å²) in [6.07, 6.45) is 2.02. The third kappa shape index (κ3) is 6.17. The van der Waals surface area contributed by atoms with E-state index in [1.165, 1.54) is 6.92 Å². The molecule has 1 heterocycles. The molecule has 1 fully saturated rings. The minimum absolute atomic E-state index is 0.0281. The normalized spacial score (nSPS) is 15.5. The van der Waals surface area contributed by atoms with Gasteiger partial charge < -0.3 is 15.5 Å². The molecular weight excluding hydrogens is 330 g/mol. The van der Waals surface area contributed by atoms with E-state index in [4.69, 9.17) is 0 Å². The Balaban J connectivity index is 1.88. The first-order chi connectivity index (χ1) is 12.1. The molecule has 0 unspecified atom stereocenters. The Hall–Kier alpha value is -2.37. The van der Waals surface area contributed by atoms with Gasteiger partial charge in [0.25, 0.3) is 5.91 Å². The van der Waals surface area contributed by atoms with Crippen LogP contribution in [0.1, 0.15) is 57.3 Å². The number of carbonyl (C=O) groups is 3. The summed E-state index contributed by atoms with van der Waals surface area (Å²) < 4.78 is 0. The summed E-state index contributed by atoms with van der Waals surface area (Å²) in [5.41, 5.74) is 1.15. The molecule has 6 nitrogen and oxygen atoms in total. The monoisotopic (exact) mass is 359 g/mol. The van der Waals surface area contributed by atoms with E-state index in [2.05, 4.69) is 10.6 Å². The van der Waals surface area contributed by atoms with Crippen LogP contribution in [0.2, 0.25) is 0 Å². The number of piperidine rings is 1. The smallest absolute Gasteiger partial charge is 0.253 e. The van der Waals surface area contributed by atoms with Crippen LogP contribution < -0.4 is 10.6 Å². The largest absolute Gasteiger partial charge is 0.353 e. The average molecular weight is 359 g/mol. The molecule has 0 radical (unpaired) electrons. The first-order valence-electron chi connectivity index (χ1n) is 9.10. The second-order valence-electron chi connectivity index (χ2n) is 8.13. The molecule has 2 rings (SSSR count). The maximum absolute atomic E-state index is 12.7. The molecule has 0 saturated carbocycles. The van der Waals surface area contributed by atoms with Crippen molar-refractivity contribution < 1.29 is 14.4 Å². The van der Waals surface area contributed by atoms with Crippen molar-refractivity contribution in [1.82, 2.24) is 10.2 Å². The number of hydrogen-bond acceptors (Lipinski definition) is 3. The van der Waals surface area contributed by atoms with Gasteiger partial charge in [-0.3, -0.25) is 14.4 Å². The van der Waals surface area contributed by atoms with Gasteiger partial charge in [0.15, 0.2) is 0 Å². The number of benzene rings is 1. The number of anilines is 1. The molecule has 1 aromatic carbocycles. The Kier molecular flexibility index (Phi) is 6.40. The van der Waals surface area contributed by atoms with Gasteiger partial charge in [0.1, 0.15) is 0 Å². The van der Waals surface area contributed by atoms with E-state index >= 15 is 0 Å². The number of amides is 3. The molecule has 142 valence electrons. The third-order valence-electron chi connectivity index (χ3n) is 4.27. The van der Waals surface area contributed by atoms with Gasteiger partial charge in [-0.05, 0) is 36.5 Å². The summed E-state index contributed by atoms with van der Waals surface area (Å²) in [6.45, 7) is 8.80.